The zero-order chi connectivity index (χ0) is 33.2. The summed E-state index contributed by atoms with van der Waals surface area (Å²) in [7, 11) is -2.64. The number of halogens is 6. The summed E-state index contributed by atoms with van der Waals surface area (Å²) in [6.45, 7) is 1.94. The Kier molecular flexibility index (Phi) is 9.55. The molecule has 0 heterocycles. The molecule has 0 saturated carbocycles. The molecular formula is C39H30F6P2. The molecule has 0 amide bonds. The first-order valence-corrected chi connectivity index (χ1v) is 17.8. The number of rotatable bonds is 8. The lowest BCUT2D eigenvalue weighted by molar-refractivity contribution is -0.138. The molecule has 238 valence electrons. The fraction of sp³-hybridized carbons (Fsp3) is 0.128. The number of hydrogen-bond acceptors (Lipinski definition) is 0. The van der Waals surface area contributed by atoms with Crippen LogP contribution in [0.2, 0.25) is 0 Å². The minimum absolute atomic E-state index is 0.366. The molecular weight excluding hydrogens is 644 g/mol. The molecule has 5 aromatic rings. The van der Waals surface area contributed by atoms with Gasteiger partial charge in [0, 0.05) is 5.66 Å². The third kappa shape index (κ3) is 7.15. The van der Waals surface area contributed by atoms with Crippen LogP contribution in [0.25, 0.3) is 5.57 Å². The van der Waals surface area contributed by atoms with Crippen LogP contribution in [0.4, 0.5) is 26.3 Å². The van der Waals surface area contributed by atoms with Gasteiger partial charge in [-0.1, -0.05) is 134 Å². The Hall–Kier alpha value is -3.98. The highest BCUT2D eigenvalue weighted by atomic mass is 31.1. The van der Waals surface area contributed by atoms with Crippen LogP contribution in [0.15, 0.2) is 151 Å². The molecule has 5 aromatic carbocycles. The van der Waals surface area contributed by atoms with Gasteiger partial charge >= 0.3 is 12.4 Å². The molecule has 0 aromatic heterocycles. The Morgan fingerprint density at radius 3 is 1.53 bits per heavy atom. The van der Waals surface area contributed by atoms with Gasteiger partial charge in [-0.25, -0.2) is 0 Å². The molecule has 1 aliphatic rings. The van der Waals surface area contributed by atoms with E-state index in [0.717, 1.165) is 46.3 Å². The van der Waals surface area contributed by atoms with Crippen LogP contribution in [0.1, 0.15) is 30.0 Å². The minimum Gasteiger partial charge on any atom is -0.166 e. The summed E-state index contributed by atoms with van der Waals surface area (Å²) in [6.07, 6.45) is -4.52. The first-order valence-electron chi connectivity index (χ1n) is 15.1. The first kappa shape index (κ1) is 32.9. The molecule has 0 spiro atoms. The lowest BCUT2D eigenvalue weighted by atomic mass is 10.0. The van der Waals surface area contributed by atoms with E-state index < -0.39 is 39.3 Å². The molecule has 0 unspecified atom stereocenters. The van der Waals surface area contributed by atoms with E-state index in [2.05, 4.69) is 42.5 Å². The highest BCUT2D eigenvalue weighted by Crippen LogP contribution is 2.49. The van der Waals surface area contributed by atoms with Crippen LogP contribution in [-0.2, 0) is 12.4 Å². The monoisotopic (exact) mass is 674 g/mol. The lowest BCUT2D eigenvalue weighted by Gasteiger charge is -2.30. The largest absolute Gasteiger partial charge is 0.416 e. The fourth-order valence-electron chi connectivity index (χ4n) is 6.07. The van der Waals surface area contributed by atoms with E-state index in [0.29, 0.717) is 17.0 Å². The summed E-state index contributed by atoms with van der Waals surface area (Å²) in [5.41, 5.74) is 0.984. The molecule has 0 aliphatic heterocycles. The maximum Gasteiger partial charge on any atom is 0.416 e. The van der Waals surface area contributed by atoms with Gasteiger partial charge in [-0.15, -0.1) is 0 Å². The maximum atomic E-state index is 13.9. The summed E-state index contributed by atoms with van der Waals surface area (Å²) in [4.78, 5) is 0. The van der Waals surface area contributed by atoms with Crippen LogP contribution in [0, 0.1) is 0 Å². The second-order valence-corrected chi connectivity index (χ2v) is 15.9. The second-order valence-electron chi connectivity index (χ2n) is 11.2. The molecule has 0 N–H and O–H groups in total. The van der Waals surface area contributed by atoms with Gasteiger partial charge in [0.2, 0.25) is 0 Å². The van der Waals surface area contributed by atoms with E-state index in [1.807, 2.05) is 61.5 Å². The summed E-state index contributed by atoms with van der Waals surface area (Å²) < 4.78 is 83.3. The number of hydrogen-bond donors (Lipinski definition) is 0. The van der Waals surface area contributed by atoms with Crippen LogP contribution >= 0.6 is 15.8 Å². The van der Waals surface area contributed by atoms with Gasteiger partial charge in [-0.2, -0.15) is 26.3 Å². The zero-order valence-corrected chi connectivity index (χ0v) is 27.1. The van der Waals surface area contributed by atoms with Crippen molar-refractivity contribution in [2.24, 2.45) is 0 Å². The van der Waals surface area contributed by atoms with Crippen molar-refractivity contribution in [1.82, 2.24) is 0 Å². The van der Waals surface area contributed by atoms with Crippen molar-refractivity contribution in [3.63, 3.8) is 0 Å². The molecule has 8 heteroatoms. The minimum atomic E-state index is -4.58. The molecule has 0 bridgehead atoms. The van der Waals surface area contributed by atoms with Gasteiger partial charge in [0.05, 0.1) is 11.1 Å². The molecule has 0 radical (unpaired) electrons. The summed E-state index contributed by atoms with van der Waals surface area (Å²) in [5, 5.41) is 4.24. The Balaban J connectivity index is 1.52. The molecule has 0 saturated heterocycles. The van der Waals surface area contributed by atoms with Gasteiger partial charge in [0.25, 0.3) is 0 Å². The summed E-state index contributed by atoms with van der Waals surface area (Å²) in [6, 6.07) is 38.9. The highest BCUT2D eigenvalue weighted by molar-refractivity contribution is 7.80. The van der Waals surface area contributed by atoms with Crippen LogP contribution in [-0.4, -0.2) is 5.66 Å². The molecule has 1 aliphatic carbocycles. The molecule has 47 heavy (non-hydrogen) atoms. The van der Waals surface area contributed by atoms with Gasteiger partial charge in [0.1, 0.15) is 0 Å². The Morgan fingerprint density at radius 1 is 0.553 bits per heavy atom. The lowest BCUT2D eigenvalue weighted by Crippen LogP contribution is -2.25. The van der Waals surface area contributed by atoms with E-state index in [4.69, 9.17) is 0 Å². The van der Waals surface area contributed by atoms with Crippen molar-refractivity contribution in [3.8, 4) is 0 Å². The topological polar surface area (TPSA) is 0 Å². The van der Waals surface area contributed by atoms with Gasteiger partial charge in [-0.05, 0) is 84.2 Å². The number of alkyl halides is 6. The SMILES string of the molecule is C[C@H](C1=C(c2ccccc2P(c2ccccc2)c2ccccc2)C=CC1)P(c1cccc(C(F)(F)F)c1)c1cccc(C(F)(F)F)c1. The molecule has 6 rings (SSSR count). The van der Waals surface area contributed by atoms with E-state index in [1.54, 1.807) is 12.1 Å². The third-order valence-corrected chi connectivity index (χ3v) is 13.5. The first-order chi connectivity index (χ1) is 22.5. The van der Waals surface area contributed by atoms with E-state index in [1.165, 1.54) is 22.7 Å². The van der Waals surface area contributed by atoms with Crippen molar-refractivity contribution in [2.75, 3.05) is 0 Å². The van der Waals surface area contributed by atoms with Crippen LogP contribution in [0.3, 0.4) is 0 Å². The normalized spacial score (nSPS) is 14.3. The van der Waals surface area contributed by atoms with E-state index >= 15 is 0 Å². The van der Waals surface area contributed by atoms with Gasteiger partial charge in [0.15, 0.2) is 0 Å². The average molecular weight is 675 g/mol. The van der Waals surface area contributed by atoms with Gasteiger partial charge in [-0.3, -0.25) is 0 Å². The Morgan fingerprint density at radius 2 is 1.02 bits per heavy atom. The van der Waals surface area contributed by atoms with Gasteiger partial charge < -0.3 is 0 Å². The highest BCUT2D eigenvalue weighted by Gasteiger charge is 2.35. The second kappa shape index (κ2) is 13.6. The number of benzene rings is 5. The summed E-state index contributed by atoms with van der Waals surface area (Å²) in [5.74, 6) is 0. The van der Waals surface area contributed by atoms with Crippen LogP contribution < -0.4 is 26.5 Å². The van der Waals surface area contributed by atoms with Crippen molar-refractivity contribution < 1.29 is 26.3 Å². The molecule has 0 nitrogen and oxygen atoms in total. The predicted octanol–water partition coefficient (Wildman–Crippen LogP) is 9.72. The average Bonchev–Trinajstić information content (AvgIpc) is 3.56. The quantitative estimate of drug-likeness (QED) is 0.114. The summed E-state index contributed by atoms with van der Waals surface area (Å²) >= 11 is 0. The predicted molar refractivity (Wildman–Crippen MR) is 184 cm³/mol. The van der Waals surface area contributed by atoms with Crippen molar-refractivity contribution in [1.29, 1.82) is 0 Å². The third-order valence-electron chi connectivity index (χ3n) is 8.23. The zero-order valence-electron chi connectivity index (χ0n) is 25.3. The molecule has 1 atom stereocenters. The van der Waals surface area contributed by atoms with Crippen molar-refractivity contribution in [2.45, 2.75) is 31.4 Å². The Bertz CT molecular complexity index is 1810. The smallest absolute Gasteiger partial charge is 0.166 e. The van der Waals surface area contributed by atoms with E-state index in [-0.39, 0.29) is 5.66 Å². The van der Waals surface area contributed by atoms with E-state index in [9.17, 15) is 26.3 Å². The Labute approximate surface area is 273 Å². The molecule has 0 fully saturated rings. The standard InChI is InChI=1S/C39H30F6P2/c1-27(46(32-19-10-13-28(25-32)38(40,41)42)33-20-11-14-29(26-33)39(43,44)45)34-22-12-23-35(34)36-21-8-9-24-37(36)47(30-15-4-2-5-16-30)31-17-6-3-7-18-31/h2-21,23-27H,22H2,1H3/t27-/m1/s1. The van der Waals surface area contributed by atoms with Crippen molar-refractivity contribution in [3.05, 3.63) is 168 Å². The van der Waals surface area contributed by atoms with Crippen LogP contribution in [0.5, 0.6) is 0 Å². The maximum absolute atomic E-state index is 13.9. The van der Waals surface area contributed by atoms with Crippen molar-refractivity contribution >= 4 is 47.9 Å². The fourth-order valence-corrected chi connectivity index (χ4v) is 11.3. The number of allylic oxidation sites excluding steroid dienone is 4.